The van der Waals surface area contributed by atoms with Crippen LogP contribution in [0, 0.1) is 3.57 Å². The Morgan fingerprint density at radius 2 is 2.00 bits per heavy atom. The number of likely N-dealkylation sites (N-methyl/N-ethyl adjacent to an activating group) is 1. The number of hydrogen-bond donors (Lipinski definition) is 0. The molecule has 6 heteroatoms. The van der Waals surface area contributed by atoms with Gasteiger partial charge in [-0.2, -0.15) is 0 Å². The van der Waals surface area contributed by atoms with Crippen molar-refractivity contribution < 1.29 is 0 Å². The van der Waals surface area contributed by atoms with Gasteiger partial charge in [0, 0.05) is 29.7 Å². The van der Waals surface area contributed by atoms with Crippen molar-refractivity contribution in [1.82, 2.24) is 19.4 Å². The number of hydrogen-bond acceptors (Lipinski definition) is 4. The van der Waals surface area contributed by atoms with E-state index < -0.39 is 0 Å². The number of fused-ring (bicyclic) bond motifs is 1. The lowest BCUT2D eigenvalue weighted by Gasteiger charge is -2.31. The van der Waals surface area contributed by atoms with E-state index in [1.165, 1.54) is 6.42 Å². The molecule has 1 aromatic carbocycles. The normalized spacial score (nSPS) is 18.2. The van der Waals surface area contributed by atoms with Gasteiger partial charge in [0.2, 0.25) is 0 Å². The van der Waals surface area contributed by atoms with Gasteiger partial charge in [-0.15, -0.1) is 0 Å². The van der Waals surface area contributed by atoms with Gasteiger partial charge < -0.3 is 4.90 Å². The summed E-state index contributed by atoms with van der Waals surface area (Å²) >= 11 is 2.26. The van der Waals surface area contributed by atoms with E-state index in [1.807, 2.05) is 29.7 Å². The molecule has 1 aliphatic heterocycles. The molecule has 1 fully saturated rings. The summed E-state index contributed by atoms with van der Waals surface area (Å²) in [6, 6.07) is 6.19. The number of nitrogens with zero attached hydrogens (tertiary/aromatic N) is 4. The molecule has 1 aliphatic rings. The molecule has 1 atom stereocenters. The highest BCUT2D eigenvalue weighted by Gasteiger charge is 2.26. The number of rotatable bonds is 5. The first-order chi connectivity index (χ1) is 12.5. The lowest BCUT2D eigenvalue weighted by molar-refractivity contribution is 0.180. The largest absolute Gasteiger partial charge is 0.305 e. The standard InChI is InChI=1S/C20H29IN4O/c1-4-7-18(24-11-6-10-23(3)12-13-24)19-22-17-9-8-15(21)14-16(17)20(26)25(19)5-2/h8-9,14,18H,4-7,10-13H2,1-3H3. The second-order valence-corrected chi connectivity index (χ2v) is 8.42. The lowest BCUT2D eigenvalue weighted by Crippen LogP contribution is -2.37. The van der Waals surface area contributed by atoms with Crippen LogP contribution in [0.4, 0.5) is 0 Å². The highest BCUT2D eigenvalue weighted by atomic mass is 127. The summed E-state index contributed by atoms with van der Waals surface area (Å²) in [5.41, 5.74) is 0.919. The zero-order valence-electron chi connectivity index (χ0n) is 16.0. The van der Waals surface area contributed by atoms with Crippen LogP contribution >= 0.6 is 22.6 Å². The van der Waals surface area contributed by atoms with Crippen LogP contribution in [0.1, 0.15) is 45.0 Å². The minimum atomic E-state index is 0.0964. The van der Waals surface area contributed by atoms with Gasteiger partial charge in [0.15, 0.2) is 0 Å². The molecule has 5 nitrogen and oxygen atoms in total. The van der Waals surface area contributed by atoms with E-state index in [0.717, 1.165) is 59.3 Å². The summed E-state index contributed by atoms with van der Waals surface area (Å²) < 4.78 is 2.97. The summed E-state index contributed by atoms with van der Waals surface area (Å²) in [5, 5.41) is 0.730. The molecular formula is C20H29IN4O. The van der Waals surface area contributed by atoms with Crippen molar-refractivity contribution in [3.8, 4) is 0 Å². The predicted molar refractivity (Wildman–Crippen MR) is 116 cm³/mol. The Morgan fingerprint density at radius 3 is 2.73 bits per heavy atom. The molecule has 1 aromatic heterocycles. The molecule has 26 heavy (non-hydrogen) atoms. The van der Waals surface area contributed by atoms with E-state index in [4.69, 9.17) is 4.98 Å². The maximum absolute atomic E-state index is 13.1. The molecule has 0 aliphatic carbocycles. The van der Waals surface area contributed by atoms with Crippen molar-refractivity contribution in [3.63, 3.8) is 0 Å². The summed E-state index contributed by atoms with van der Waals surface area (Å²) in [7, 11) is 2.19. The van der Waals surface area contributed by atoms with Gasteiger partial charge in [0.25, 0.3) is 5.56 Å². The molecule has 0 saturated carbocycles. The van der Waals surface area contributed by atoms with E-state index in [0.29, 0.717) is 6.54 Å². The molecule has 3 rings (SSSR count). The van der Waals surface area contributed by atoms with E-state index >= 15 is 0 Å². The van der Waals surface area contributed by atoms with E-state index in [9.17, 15) is 4.79 Å². The van der Waals surface area contributed by atoms with Gasteiger partial charge in [-0.25, -0.2) is 4.98 Å². The van der Waals surface area contributed by atoms with E-state index in [2.05, 4.69) is 46.4 Å². The fourth-order valence-electron chi connectivity index (χ4n) is 3.90. The Balaban J connectivity index is 2.09. The second kappa shape index (κ2) is 8.80. The maximum Gasteiger partial charge on any atom is 0.261 e. The Bertz CT molecular complexity index is 819. The third-order valence-electron chi connectivity index (χ3n) is 5.32. The van der Waals surface area contributed by atoms with Crippen molar-refractivity contribution in [2.75, 3.05) is 33.2 Å². The minimum absolute atomic E-state index is 0.0964. The Morgan fingerprint density at radius 1 is 1.19 bits per heavy atom. The molecule has 142 valence electrons. The average Bonchev–Trinajstić information content (AvgIpc) is 2.85. The zero-order valence-corrected chi connectivity index (χ0v) is 18.2. The Labute approximate surface area is 169 Å². The first-order valence-electron chi connectivity index (χ1n) is 9.67. The summed E-state index contributed by atoms with van der Waals surface area (Å²) in [4.78, 5) is 23.1. The summed E-state index contributed by atoms with van der Waals surface area (Å²) in [6.45, 7) is 9.24. The monoisotopic (exact) mass is 468 g/mol. The molecule has 0 spiro atoms. The molecule has 0 radical (unpaired) electrons. The molecular weight excluding hydrogens is 439 g/mol. The van der Waals surface area contributed by atoms with E-state index in [-0.39, 0.29) is 11.6 Å². The summed E-state index contributed by atoms with van der Waals surface area (Å²) in [6.07, 6.45) is 3.28. The summed E-state index contributed by atoms with van der Waals surface area (Å²) in [5.74, 6) is 0.942. The number of aromatic nitrogens is 2. The van der Waals surface area contributed by atoms with Gasteiger partial charge in [0.1, 0.15) is 5.82 Å². The third kappa shape index (κ3) is 4.12. The smallest absolute Gasteiger partial charge is 0.261 e. The topological polar surface area (TPSA) is 41.4 Å². The zero-order chi connectivity index (χ0) is 18.7. The predicted octanol–water partition coefficient (Wildman–Crippen LogP) is 3.50. The molecule has 0 bridgehead atoms. The molecule has 1 unspecified atom stereocenters. The van der Waals surface area contributed by atoms with Gasteiger partial charge >= 0.3 is 0 Å². The van der Waals surface area contributed by atoms with Gasteiger partial charge in [-0.05, 0) is 74.1 Å². The van der Waals surface area contributed by atoms with Crippen LogP contribution in [0.25, 0.3) is 10.9 Å². The average molecular weight is 468 g/mol. The molecule has 2 heterocycles. The highest BCUT2D eigenvalue weighted by Crippen LogP contribution is 2.26. The lowest BCUT2D eigenvalue weighted by atomic mass is 10.1. The number of halogens is 1. The van der Waals surface area contributed by atoms with Crippen LogP contribution in [0.15, 0.2) is 23.0 Å². The van der Waals surface area contributed by atoms with Crippen LogP contribution in [0.5, 0.6) is 0 Å². The van der Waals surface area contributed by atoms with E-state index in [1.54, 1.807) is 0 Å². The van der Waals surface area contributed by atoms with Crippen molar-refractivity contribution in [2.45, 2.75) is 45.7 Å². The second-order valence-electron chi connectivity index (χ2n) is 7.18. The van der Waals surface area contributed by atoms with Crippen LogP contribution in [-0.4, -0.2) is 52.6 Å². The van der Waals surface area contributed by atoms with Crippen molar-refractivity contribution >= 4 is 33.5 Å². The quantitative estimate of drug-likeness (QED) is 0.631. The van der Waals surface area contributed by atoms with Crippen LogP contribution in [0.2, 0.25) is 0 Å². The molecule has 1 saturated heterocycles. The maximum atomic E-state index is 13.1. The van der Waals surface area contributed by atoms with Gasteiger partial charge in [-0.1, -0.05) is 13.3 Å². The first kappa shape index (κ1) is 19.8. The SMILES string of the molecule is CCCC(c1nc2ccc(I)cc2c(=O)n1CC)N1CCCN(C)CC1. The van der Waals surface area contributed by atoms with Crippen molar-refractivity contribution in [2.24, 2.45) is 0 Å². The van der Waals surface area contributed by atoms with Gasteiger partial charge in [-0.3, -0.25) is 14.3 Å². The molecule has 2 aromatic rings. The van der Waals surface area contributed by atoms with Crippen LogP contribution < -0.4 is 5.56 Å². The fourth-order valence-corrected chi connectivity index (χ4v) is 4.39. The van der Waals surface area contributed by atoms with Crippen molar-refractivity contribution in [3.05, 3.63) is 37.9 Å². The minimum Gasteiger partial charge on any atom is -0.305 e. The van der Waals surface area contributed by atoms with Crippen LogP contribution in [0.3, 0.4) is 0 Å². The van der Waals surface area contributed by atoms with Gasteiger partial charge in [0.05, 0.1) is 16.9 Å². The molecule has 0 amide bonds. The van der Waals surface area contributed by atoms with Crippen molar-refractivity contribution in [1.29, 1.82) is 0 Å². The van der Waals surface area contributed by atoms with Crippen LogP contribution in [-0.2, 0) is 6.54 Å². The first-order valence-corrected chi connectivity index (χ1v) is 10.8. The molecule has 0 N–H and O–H groups in total. The number of benzene rings is 1. The highest BCUT2D eigenvalue weighted by molar-refractivity contribution is 14.1. The third-order valence-corrected chi connectivity index (χ3v) is 5.99. The Hall–Kier alpha value is -0.990. The Kier molecular flexibility index (Phi) is 6.69. The fraction of sp³-hybridized carbons (Fsp3) is 0.600.